The number of para-hydroxylation sites is 1. The highest BCUT2D eigenvalue weighted by Gasteiger charge is 2.23. The van der Waals surface area contributed by atoms with Crippen molar-refractivity contribution in [1.29, 1.82) is 0 Å². The van der Waals surface area contributed by atoms with E-state index in [-0.39, 0.29) is 11.9 Å². The van der Waals surface area contributed by atoms with Crippen molar-refractivity contribution in [3.63, 3.8) is 0 Å². The van der Waals surface area contributed by atoms with E-state index in [1.54, 1.807) is 12.1 Å². The average molecular weight is 233 g/mol. The first-order chi connectivity index (χ1) is 8.25. The highest BCUT2D eigenvalue weighted by atomic mass is 16.2. The van der Waals surface area contributed by atoms with Crippen LogP contribution in [0.1, 0.15) is 12.8 Å². The molecule has 1 aliphatic rings. The largest absolute Gasteiger partial charge is 0.325 e. The zero-order valence-corrected chi connectivity index (χ0v) is 9.40. The van der Waals surface area contributed by atoms with Crippen molar-refractivity contribution in [3.8, 4) is 0 Å². The summed E-state index contributed by atoms with van der Waals surface area (Å²) in [4.78, 5) is 23.1. The maximum Gasteiger partial charge on any atom is 0.325 e. The fourth-order valence-electron chi connectivity index (χ4n) is 1.79. The molecule has 1 aromatic rings. The van der Waals surface area contributed by atoms with Gasteiger partial charge in [-0.15, -0.1) is 0 Å². The fraction of sp³-hybridized carbons (Fsp3) is 0.333. The van der Waals surface area contributed by atoms with Crippen LogP contribution in [0.25, 0.3) is 0 Å². The van der Waals surface area contributed by atoms with Crippen LogP contribution in [0.2, 0.25) is 0 Å². The Morgan fingerprint density at radius 2 is 2.00 bits per heavy atom. The Kier molecular flexibility index (Phi) is 3.72. The Hall–Kier alpha value is -1.88. The zero-order chi connectivity index (χ0) is 12.1. The first kappa shape index (κ1) is 11.6. The molecule has 2 rings (SSSR count). The van der Waals surface area contributed by atoms with Crippen LogP contribution < -0.4 is 16.0 Å². The summed E-state index contributed by atoms with van der Waals surface area (Å²) in [5, 5.41) is 7.95. The number of urea groups is 1. The molecule has 90 valence electrons. The number of carbonyl (C=O) groups is 2. The van der Waals surface area contributed by atoms with Gasteiger partial charge in [-0.1, -0.05) is 18.2 Å². The summed E-state index contributed by atoms with van der Waals surface area (Å²) in [6, 6.07) is 8.28. The molecule has 0 saturated carbocycles. The van der Waals surface area contributed by atoms with Crippen molar-refractivity contribution in [2.24, 2.45) is 0 Å². The number of hydrogen-bond donors (Lipinski definition) is 3. The summed E-state index contributed by atoms with van der Waals surface area (Å²) >= 11 is 0. The second-order valence-electron chi connectivity index (χ2n) is 3.96. The maximum atomic E-state index is 11.6. The van der Waals surface area contributed by atoms with Gasteiger partial charge in [0.1, 0.15) is 0 Å². The molecule has 1 saturated heterocycles. The van der Waals surface area contributed by atoms with Gasteiger partial charge in [-0.3, -0.25) is 10.1 Å². The first-order valence-electron chi connectivity index (χ1n) is 5.66. The normalized spacial score (nSPS) is 18.7. The van der Waals surface area contributed by atoms with E-state index >= 15 is 0 Å². The van der Waals surface area contributed by atoms with Gasteiger partial charge >= 0.3 is 6.03 Å². The lowest BCUT2D eigenvalue weighted by Gasteiger charge is -2.10. The van der Waals surface area contributed by atoms with Crippen LogP contribution in [0.4, 0.5) is 10.5 Å². The number of amides is 3. The predicted octanol–water partition coefficient (Wildman–Crippen LogP) is 1.09. The fourth-order valence-corrected chi connectivity index (χ4v) is 1.79. The average Bonchev–Trinajstić information content (AvgIpc) is 2.83. The first-order valence-corrected chi connectivity index (χ1v) is 5.66. The standard InChI is InChI=1S/C12H15N3O2/c16-11(10-7-4-8-13-10)15-12(17)14-9-5-2-1-3-6-9/h1-3,5-6,10,13H,4,7-8H2,(H2,14,15,16,17)/t10-/m0/s1. The second-order valence-corrected chi connectivity index (χ2v) is 3.96. The van der Waals surface area contributed by atoms with Crippen molar-refractivity contribution in [2.45, 2.75) is 18.9 Å². The molecule has 5 heteroatoms. The Morgan fingerprint density at radius 1 is 1.24 bits per heavy atom. The summed E-state index contributed by atoms with van der Waals surface area (Å²) in [6.45, 7) is 0.832. The summed E-state index contributed by atoms with van der Waals surface area (Å²) in [5.41, 5.74) is 0.664. The summed E-state index contributed by atoms with van der Waals surface area (Å²) in [7, 11) is 0. The van der Waals surface area contributed by atoms with Crippen LogP contribution in [0.5, 0.6) is 0 Å². The quantitative estimate of drug-likeness (QED) is 0.716. The van der Waals surface area contributed by atoms with Crippen molar-refractivity contribution >= 4 is 17.6 Å². The highest BCUT2D eigenvalue weighted by Crippen LogP contribution is 2.06. The van der Waals surface area contributed by atoms with Crippen LogP contribution in [-0.2, 0) is 4.79 Å². The van der Waals surface area contributed by atoms with Crippen LogP contribution in [0, 0.1) is 0 Å². The van der Waals surface area contributed by atoms with E-state index in [1.807, 2.05) is 18.2 Å². The van der Waals surface area contributed by atoms with Crippen molar-refractivity contribution < 1.29 is 9.59 Å². The topological polar surface area (TPSA) is 70.2 Å². The molecule has 3 amide bonds. The van der Waals surface area contributed by atoms with Gasteiger partial charge in [-0.2, -0.15) is 0 Å². The van der Waals surface area contributed by atoms with Crippen molar-refractivity contribution in [3.05, 3.63) is 30.3 Å². The molecule has 1 aliphatic heterocycles. The second kappa shape index (κ2) is 5.45. The van der Waals surface area contributed by atoms with Gasteiger partial charge in [0.05, 0.1) is 6.04 Å². The lowest BCUT2D eigenvalue weighted by molar-refractivity contribution is -0.121. The minimum atomic E-state index is -0.491. The molecule has 17 heavy (non-hydrogen) atoms. The van der Waals surface area contributed by atoms with E-state index in [4.69, 9.17) is 0 Å². The molecular formula is C12H15N3O2. The number of benzene rings is 1. The van der Waals surface area contributed by atoms with E-state index in [0.29, 0.717) is 5.69 Å². The van der Waals surface area contributed by atoms with Crippen LogP contribution in [-0.4, -0.2) is 24.5 Å². The van der Waals surface area contributed by atoms with Crippen LogP contribution >= 0.6 is 0 Å². The van der Waals surface area contributed by atoms with Crippen molar-refractivity contribution in [1.82, 2.24) is 10.6 Å². The Bertz CT molecular complexity index is 399. The molecule has 1 heterocycles. The summed E-state index contributed by atoms with van der Waals surface area (Å²) in [6.07, 6.45) is 1.75. The minimum absolute atomic E-state index is 0.239. The number of imide groups is 1. The molecular weight excluding hydrogens is 218 g/mol. The van der Waals surface area contributed by atoms with Crippen LogP contribution in [0.15, 0.2) is 30.3 Å². The van der Waals surface area contributed by atoms with E-state index < -0.39 is 6.03 Å². The molecule has 0 spiro atoms. The molecule has 1 atom stereocenters. The minimum Gasteiger partial charge on any atom is -0.308 e. The zero-order valence-electron chi connectivity index (χ0n) is 9.40. The van der Waals surface area contributed by atoms with Crippen molar-refractivity contribution in [2.75, 3.05) is 11.9 Å². The highest BCUT2D eigenvalue weighted by molar-refractivity contribution is 6.02. The number of rotatable bonds is 2. The molecule has 0 aromatic heterocycles. The Balaban J connectivity index is 1.83. The van der Waals surface area contributed by atoms with E-state index in [9.17, 15) is 9.59 Å². The summed E-state index contributed by atoms with van der Waals surface area (Å²) in [5.74, 6) is -0.268. The monoisotopic (exact) mass is 233 g/mol. The predicted molar refractivity (Wildman–Crippen MR) is 64.6 cm³/mol. The van der Waals surface area contributed by atoms with E-state index in [1.165, 1.54) is 0 Å². The van der Waals surface area contributed by atoms with E-state index in [2.05, 4.69) is 16.0 Å². The van der Waals surface area contributed by atoms with Gasteiger partial charge in [-0.05, 0) is 31.5 Å². The van der Waals surface area contributed by atoms with Gasteiger partial charge in [0.15, 0.2) is 0 Å². The van der Waals surface area contributed by atoms with E-state index in [0.717, 1.165) is 19.4 Å². The van der Waals surface area contributed by atoms with Gasteiger partial charge in [0, 0.05) is 5.69 Å². The smallest absolute Gasteiger partial charge is 0.308 e. The van der Waals surface area contributed by atoms with Gasteiger partial charge in [0.25, 0.3) is 0 Å². The number of anilines is 1. The molecule has 5 nitrogen and oxygen atoms in total. The number of nitrogens with one attached hydrogen (secondary N) is 3. The Labute approximate surface area is 99.6 Å². The third kappa shape index (κ3) is 3.29. The summed E-state index contributed by atoms with van der Waals surface area (Å²) < 4.78 is 0. The number of hydrogen-bond acceptors (Lipinski definition) is 3. The molecule has 1 fully saturated rings. The lowest BCUT2D eigenvalue weighted by Crippen LogP contribution is -2.44. The number of carbonyl (C=O) groups excluding carboxylic acids is 2. The molecule has 0 radical (unpaired) electrons. The van der Waals surface area contributed by atoms with Gasteiger partial charge in [0.2, 0.25) is 5.91 Å². The molecule has 3 N–H and O–H groups in total. The Morgan fingerprint density at radius 3 is 2.65 bits per heavy atom. The SMILES string of the molecule is O=C(NC(=O)[C@@H]1CCCN1)Nc1ccccc1. The molecule has 0 bridgehead atoms. The van der Waals surface area contributed by atoms with Crippen LogP contribution in [0.3, 0.4) is 0 Å². The van der Waals surface area contributed by atoms with Gasteiger partial charge in [-0.25, -0.2) is 4.79 Å². The third-order valence-electron chi connectivity index (χ3n) is 2.65. The molecule has 0 unspecified atom stereocenters. The maximum absolute atomic E-state index is 11.6. The molecule has 1 aromatic carbocycles. The lowest BCUT2D eigenvalue weighted by atomic mass is 10.2. The molecule has 0 aliphatic carbocycles. The third-order valence-corrected chi connectivity index (χ3v) is 2.65. The van der Waals surface area contributed by atoms with Gasteiger partial charge < -0.3 is 10.6 Å².